The highest BCUT2D eigenvalue weighted by Crippen LogP contribution is 2.42. The molecule has 182 valence electrons. The van der Waals surface area contributed by atoms with E-state index in [0.29, 0.717) is 29.8 Å². The SMILES string of the molecule is CCCCC(=O)O[C@]1(CC)C(=O)OCc2c1cc1n(c2=O)Cc2c-1nc1ccc(C)cc1c2CC. The van der Waals surface area contributed by atoms with Gasteiger partial charge in [-0.15, -0.1) is 0 Å². The number of benzene rings is 1. The third-order valence-corrected chi connectivity index (χ3v) is 7.31. The molecule has 35 heavy (non-hydrogen) atoms. The third kappa shape index (κ3) is 3.48. The topological polar surface area (TPSA) is 87.5 Å². The summed E-state index contributed by atoms with van der Waals surface area (Å²) in [7, 11) is 0. The van der Waals surface area contributed by atoms with E-state index in [0.717, 1.165) is 40.6 Å². The van der Waals surface area contributed by atoms with Gasteiger partial charge in [-0.1, -0.05) is 38.8 Å². The van der Waals surface area contributed by atoms with E-state index in [-0.39, 0.29) is 25.0 Å². The molecule has 0 radical (unpaired) electrons. The quantitative estimate of drug-likeness (QED) is 0.377. The number of cyclic esters (lactones) is 1. The maximum Gasteiger partial charge on any atom is 0.355 e. The van der Waals surface area contributed by atoms with Gasteiger partial charge in [0, 0.05) is 22.9 Å². The molecule has 4 heterocycles. The van der Waals surface area contributed by atoms with Crippen LogP contribution in [0.15, 0.2) is 29.1 Å². The standard InChI is InChI=1S/C28H30N2O5/c1-5-8-9-24(31)35-28(7-3)21-13-23-25-19(14-30(23)26(32)20(21)15-34-27(28)33)17(6-2)18-12-16(4)10-11-22(18)29-25/h10-13H,5-9,14-15H2,1-4H3/t28-/m0/s1. The molecule has 0 bridgehead atoms. The number of unbranched alkanes of at least 4 members (excludes halogenated alkanes) is 1. The van der Waals surface area contributed by atoms with Crippen LogP contribution in [0.1, 0.15) is 74.3 Å². The first-order valence-electron chi connectivity index (χ1n) is 12.4. The van der Waals surface area contributed by atoms with Gasteiger partial charge in [0.05, 0.1) is 29.0 Å². The van der Waals surface area contributed by atoms with Crippen molar-refractivity contribution in [2.24, 2.45) is 0 Å². The zero-order valence-electron chi connectivity index (χ0n) is 20.7. The summed E-state index contributed by atoms with van der Waals surface area (Å²) >= 11 is 0. The summed E-state index contributed by atoms with van der Waals surface area (Å²) in [6.07, 6.45) is 2.69. The largest absolute Gasteiger partial charge is 0.457 e. The number of pyridine rings is 2. The van der Waals surface area contributed by atoms with Crippen molar-refractivity contribution in [3.63, 3.8) is 0 Å². The zero-order chi connectivity index (χ0) is 24.9. The molecule has 7 heteroatoms. The van der Waals surface area contributed by atoms with Gasteiger partial charge < -0.3 is 14.0 Å². The van der Waals surface area contributed by atoms with Crippen LogP contribution in [0, 0.1) is 6.92 Å². The van der Waals surface area contributed by atoms with Gasteiger partial charge in [-0.2, -0.15) is 0 Å². The van der Waals surface area contributed by atoms with E-state index in [2.05, 4.69) is 19.9 Å². The molecule has 2 aliphatic rings. The van der Waals surface area contributed by atoms with Crippen molar-refractivity contribution >= 4 is 22.8 Å². The zero-order valence-corrected chi connectivity index (χ0v) is 20.7. The number of carbonyl (C=O) groups excluding carboxylic acids is 2. The number of esters is 2. The van der Waals surface area contributed by atoms with Crippen LogP contribution in [0.5, 0.6) is 0 Å². The van der Waals surface area contributed by atoms with Crippen LogP contribution in [-0.2, 0) is 44.2 Å². The molecule has 1 aromatic carbocycles. The molecule has 0 saturated carbocycles. The van der Waals surface area contributed by atoms with Crippen molar-refractivity contribution < 1.29 is 19.1 Å². The van der Waals surface area contributed by atoms with Gasteiger partial charge in [-0.3, -0.25) is 9.59 Å². The van der Waals surface area contributed by atoms with Crippen LogP contribution in [0.3, 0.4) is 0 Å². The van der Waals surface area contributed by atoms with Gasteiger partial charge in [0.2, 0.25) is 5.60 Å². The van der Waals surface area contributed by atoms with E-state index < -0.39 is 17.5 Å². The summed E-state index contributed by atoms with van der Waals surface area (Å²) in [5.74, 6) is -1.09. The lowest BCUT2D eigenvalue weighted by molar-refractivity contribution is -0.189. The summed E-state index contributed by atoms with van der Waals surface area (Å²) in [5, 5.41) is 1.10. The summed E-state index contributed by atoms with van der Waals surface area (Å²) in [5.41, 5.74) is 4.57. The van der Waals surface area contributed by atoms with Crippen LogP contribution < -0.4 is 5.56 Å². The Labute approximate surface area is 204 Å². The average molecular weight is 475 g/mol. The highest BCUT2D eigenvalue weighted by Gasteiger charge is 2.50. The molecule has 5 rings (SSSR count). The van der Waals surface area contributed by atoms with Crippen LogP contribution >= 0.6 is 0 Å². The van der Waals surface area contributed by atoms with E-state index in [1.54, 1.807) is 11.5 Å². The predicted molar refractivity (Wildman–Crippen MR) is 132 cm³/mol. The van der Waals surface area contributed by atoms with E-state index >= 15 is 0 Å². The Morgan fingerprint density at radius 1 is 1.17 bits per heavy atom. The van der Waals surface area contributed by atoms with Crippen LogP contribution in [0.4, 0.5) is 0 Å². The Morgan fingerprint density at radius 2 is 1.97 bits per heavy atom. The number of fused-ring (bicyclic) bond motifs is 5. The minimum absolute atomic E-state index is 0.132. The maximum absolute atomic E-state index is 13.7. The predicted octanol–water partition coefficient (Wildman–Crippen LogP) is 4.69. The Balaban J connectivity index is 1.73. The Kier molecular flexibility index (Phi) is 5.74. The Morgan fingerprint density at radius 3 is 2.69 bits per heavy atom. The van der Waals surface area contributed by atoms with Crippen molar-refractivity contribution in [2.45, 2.75) is 78.6 Å². The van der Waals surface area contributed by atoms with E-state index in [4.69, 9.17) is 14.5 Å². The highest BCUT2D eigenvalue weighted by molar-refractivity contribution is 5.90. The fourth-order valence-electron chi connectivity index (χ4n) is 5.40. The number of hydrogen-bond donors (Lipinski definition) is 0. The second-order valence-electron chi connectivity index (χ2n) is 9.44. The molecule has 0 unspecified atom stereocenters. The molecule has 0 aliphatic carbocycles. The first kappa shape index (κ1) is 23.3. The van der Waals surface area contributed by atoms with E-state index in [9.17, 15) is 14.4 Å². The number of carbonyl (C=O) groups is 2. The third-order valence-electron chi connectivity index (χ3n) is 7.31. The molecule has 0 amide bonds. The number of aromatic nitrogens is 2. The van der Waals surface area contributed by atoms with Gasteiger partial charge in [-0.05, 0) is 49.9 Å². The van der Waals surface area contributed by atoms with E-state index in [1.807, 2.05) is 25.1 Å². The molecule has 1 atom stereocenters. The highest BCUT2D eigenvalue weighted by atomic mass is 16.6. The van der Waals surface area contributed by atoms with Gasteiger partial charge in [-0.25, -0.2) is 9.78 Å². The smallest absolute Gasteiger partial charge is 0.355 e. The minimum atomic E-state index is -1.63. The molecule has 0 N–H and O–H groups in total. The van der Waals surface area contributed by atoms with Gasteiger partial charge in [0.25, 0.3) is 5.56 Å². The van der Waals surface area contributed by atoms with Gasteiger partial charge in [0.1, 0.15) is 6.61 Å². The lowest BCUT2D eigenvalue weighted by Gasteiger charge is -2.35. The van der Waals surface area contributed by atoms with Crippen molar-refractivity contribution in [1.29, 1.82) is 0 Å². The summed E-state index contributed by atoms with van der Waals surface area (Å²) in [6.45, 7) is 8.21. The molecule has 2 aromatic heterocycles. The number of ether oxygens (including phenoxy) is 2. The second-order valence-corrected chi connectivity index (χ2v) is 9.44. The van der Waals surface area contributed by atoms with Gasteiger partial charge >= 0.3 is 11.9 Å². The van der Waals surface area contributed by atoms with Gasteiger partial charge in [0.15, 0.2) is 0 Å². The molecular formula is C28H30N2O5. The van der Waals surface area contributed by atoms with Crippen LogP contribution in [-0.4, -0.2) is 21.5 Å². The lowest BCUT2D eigenvalue weighted by atomic mass is 9.85. The lowest BCUT2D eigenvalue weighted by Crippen LogP contribution is -2.47. The monoisotopic (exact) mass is 474 g/mol. The van der Waals surface area contributed by atoms with Crippen molar-refractivity contribution in [3.05, 3.63) is 62.4 Å². The number of rotatable bonds is 6. The number of nitrogens with zero attached hydrogens (tertiary/aromatic N) is 2. The van der Waals surface area contributed by atoms with Crippen LogP contribution in [0.25, 0.3) is 22.3 Å². The summed E-state index contributed by atoms with van der Waals surface area (Å²) in [6, 6.07) is 8.01. The van der Waals surface area contributed by atoms with Crippen molar-refractivity contribution in [2.75, 3.05) is 0 Å². The van der Waals surface area contributed by atoms with Crippen molar-refractivity contribution in [1.82, 2.24) is 9.55 Å². The Bertz CT molecular complexity index is 1440. The summed E-state index contributed by atoms with van der Waals surface area (Å²) < 4.78 is 12.9. The van der Waals surface area contributed by atoms with E-state index in [1.165, 1.54) is 5.56 Å². The first-order chi connectivity index (χ1) is 16.8. The molecule has 0 saturated heterocycles. The Hall–Kier alpha value is -3.48. The molecule has 7 nitrogen and oxygen atoms in total. The maximum atomic E-state index is 13.7. The first-order valence-corrected chi connectivity index (χ1v) is 12.4. The molecular weight excluding hydrogens is 444 g/mol. The fourth-order valence-corrected chi connectivity index (χ4v) is 5.40. The molecule has 3 aromatic rings. The average Bonchev–Trinajstić information content (AvgIpc) is 3.21. The second kappa shape index (κ2) is 8.63. The minimum Gasteiger partial charge on any atom is -0.457 e. The number of hydrogen-bond acceptors (Lipinski definition) is 6. The normalized spacial score (nSPS) is 18.1. The molecule has 2 aliphatic heterocycles. The molecule has 0 spiro atoms. The fraction of sp³-hybridized carbons (Fsp3) is 0.429. The summed E-state index contributed by atoms with van der Waals surface area (Å²) in [4.78, 5) is 44.3. The van der Waals surface area contributed by atoms with Crippen molar-refractivity contribution in [3.8, 4) is 11.4 Å². The molecule has 0 fully saturated rings. The number of aryl methyl sites for hydroxylation is 2. The van der Waals surface area contributed by atoms with Crippen LogP contribution in [0.2, 0.25) is 0 Å².